The van der Waals surface area contributed by atoms with Gasteiger partial charge in [0.1, 0.15) is 0 Å². The molecule has 1 aliphatic carbocycles. The van der Waals surface area contributed by atoms with E-state index in [1.807, 2.05) is 0 Å². The Kier molecular flexibility index (Phi) is 2.89. The Morgan fingerprint density at radius 3 is 2.85 bits per heavy atom. The molecule has 1 saturated carbocycles. The van der Waals surface area contributed by atoms with E-state index in [9.17, 15) is 0 Å². The number of hydrogen-bond donors (Lipinski definition) is 1. The molecule has 1 nitrogen and oxygen atoms in total. The fourth-order valence-corrected chi connectivity index (χ4v) is 4.32. The standard InChI is InChI=1S/C11H21NS/c1-2-9-3-5-11(12,7-9)10-4-6-13-8-10/h9-10H,2-8,12H2,1H3. The molecule has 2 rings (SSSR count). The Morgan fingerprint density at radius 2 is 2.31 bits per heavy atom. The average molecular weight is 199 g/mol. The van der Waals surface area contributed by atoms with Crippen molar-refractivity contribution in [3.8, 4) is 0 Å². The molecule has 1 heterocycles. The van der Waals surface area contributed by atoms with Gasteiger partial charge in [-0.2, -0.15) is 11.8 Å². The molecule has 76 valence electrons. The Morgan fingerprint density at radius 1 is 1.46 bits per heavy atom. The molecule has 0 bridgehead atoms. The van der Waals surface area contributed by atoms with Gasteiger partial charge in [0.25, 0.3) is 0 Å². The van der Waals surface area contributed by atoms with Crippen LogP contribution in [-0.4, -0.2) is 17.0 Å². The predicted molar refractivity (Wildman–Crippen MR) is 60.0 cm³/mol. The van der Waals surface area contributed by atoms with Gasteiger partial charge >= 0.3 is 0 Å². The second-order valence-electron chi connectivity index (χ2n) is 4.81. The highest BCUT2D eigenvalue weighted by Crippen LogP contribution is 2.44. The molecule has 1 aliphatic heterocycles. The minimum atomic E-state index is 0.226. The molecule has 0 spiro atoms. The Labute approximate surface area is 85.8 Å². The SMILES string of the molecule is CCC1CCC(N)(C2CCSC2)C1. The minimum absolute atomic E-state index is 0.226. The molecule has 13 heavy (non-hydrogen) atoms. The summed E-state index contributed by atoms with van der Waals surface area (Å²) < 4.78 is 0. The van der Waals surface area contributed by atoms with E-state index in [2.05, 4.69) is 18.7 Å². The van der Waals surface area contributed by atoms with E-state index in [1.165, 1.54) is 43.6 Å². The second-order valence-corrected chi connectivity index (χ2v) is 5.96. The minimum Gasteiger partial charge on any atom is -0.325 e. The van der Waals surface area contributed by atoms with Crippen molar-refractivity contribution in [1.82, 2.24) is 0 Å². The molecule has 2 aliphatic rings. The molecule has 2 N–H and O–H groups in total. The number of rotatable bonds is 2. The zero-order valence-electron chi connectivity index (χ0n) is 8.59. The van der Waals surface area contributed by atoms with Gasteiger partial charge < -0.3 is 5.73 Å². The summed E-state index contributed by atoms with van der Waals surface area (Å²) in [5, 5.41) is 0. The van der Waals surface area contributed by atoms with Crippen LogP contribution in [0.25, 0.3) is 0 Å². The van der Waals surface area contributed by atoms with Crippen LogP contribution in [0.2, 0.25) is 0 Å². The van der Waals surface area contributed by atoms with Crippen LogP contribution in [0.4, 0.5) is 0 Å². The molecule has 2 heteroatoms. The summed E-state index contributed by atoms with van der Waals surface area (Å²) in [5.41, 5.74) is 6.74. The van der Waals surface area contributed by atoms with Crippen LogP contribution in [0.3, 0.4) is 0 Å². The molecular formula is C11H21NS. The van der Waals surface area contributed by atoms with Crippen LogP contribution < -0.4 is 5.73 Å². The molecule has 0 aromatic rings. The zero-order chi connectivity index (χ0) is 9.31. The van der Waals surface area contributed by atoms with Gasteiger partial charge in [0, 0.05) is 5.54 Å². The van der Waals surface area contributed by atoms with Gasteiger partial charge in [-0.15, -0.1) is 0 Å². The summed E-state index contributed by atoms with van der Waals surface area (Å²) in [6.45, 7) is 2.31. The zero-order valence-corrected chi connectivity index (χ0v) is 9.41. The molecule has 3 unspecified atom stereocenters. The third kappa shape index (κ3) is 1.89. The first kappa shape index (κ1) is 9.85. The average Bonchev–Trinajstić information content (AvgIpc) is 2.72. The van der Waals surface area contributed by atoms with Crippen molar-refractivity contribution in [2.75, 3.05) is 11.5 Å². The third-order valence-electron chi connectivity index (χ3n) is 4.01. The van der Waals surface area contributed by atoms with Crippen molar-refractivity contribution >= 4 is 11.8 Å². The number of hydrogen-bond acceptors (Lipinski definition) is 2. The number of thioether (sulfide) groups is 1. The van der Waals surface area contributed by atoms with Crippen molar-refractivity contribution in [3.63, 3.8) is 0 Å². The normalized spacial score (nSPS) is 45.7. The van der Waals surface area contributed by atoms with Crippen molar-refractivity contribution in [2.45, 2.75) is 44.6 Å². The maximum atomic E-state index is 6.52. The summed E-state index contributed by atoms with van der Waals surface area (Å²) in [5.74, 6) is 4.43. The highest BCUT2D eigenvalue weighted by atomic mass is 32.2. The summed E-state index contributed by atoms with van der Waals surface area (Å²) in [6, 6.07) is 0. The molecule has 0 radical (unpaired) electrons. The van der Waals surface area contributed by atoms with Gasteiger partial charge in [0.2, 0.25) is 0 Å². The van der Waals surface area contributed by atoms with Gasteiger partial charge in [0.05, 0.1) is 0 Å². The third-order valence-corrected chi connectivity index (χ3v) is 5.17. The Hall–Kier alpha value is 0.310. The van der Waals surface area contributed by atoms with Crippen LogP contribution in [-0.2, 0) is 0 Å². The topological polar surface area (TPSA) is 26.0 Å². The van der Waals surface area contributed by atoms with E-state index in [4.69, 9.17) is 5.73 Å². The summed E-state index contributed by atoms with van der Waals surface area (Å²) in [7, 11) is 0. The quantitative estimate of drug-likeness (QED) is 0.740. The second kappa shape index (κ2) is 3.82. The molecule has 0 aromatic heterocycles. The largest absolute Gasteiger partial charge is 0.325 e. The van der Waals surface area contributed by atoms with Crippen LogP contribution in [0, 0.1) is 11.8 Å². The molecule has 3 atom stereocenters. The van der Waals surface area contributed by atoms with Crippen molar-refractivity contribution < 1.29 is 0 Å². The smallest absolute Gasteiger partial charge is 0.0193 e. The van der Waals surface area contributed by atoms with Gasteiger partial charge in [-0.3, -0.25) is 0 Å². The Balaban J connectivity index is 1.96. The lowest BCUT2D eigenvalue weighted by Gasteiger charge is -2.31. The van der Waals surface area contributed by atoms with Crippen molar-refractivity contribution in [2.24, 2.45) is 17.6 Å². The van der Waals surface area contributed by atoms with Crippen molar-refractivity contribution in [3.05, 3.63) is 0 Å². The van der Waals surface area contributed by atoms with Crippen LogP contribution in [0.1, 0.15) is 39.0 Å². The van der Waals surface area contributed by atoms with Crippen LogP contribution in [0.15, 0.2) is 0 Å². The fraction of sp³-hybridized carbons (Fsp3) is 1.00. The summed E-state index contributed by atoms with van der Waals surface area (Å²) in [4.78, 5) is 0. The molecule has 0 aromatic carbocycles. The molecule has 1 saturated heterocycles. The first-order valence-electron chi connectivity index (χ1n) is 5.61. The van der Waals surface area contributed by atoms with E-state index >= 15 is 0 Å². The first-order valence-corrected chi connectivity index (χ1v) is 6.76. The number of nitrogens with two attached hydrogens (primary N) is 1. The van der Waals surface area contributed by atoms with E-state index in [-0.39, 0.29) is 5.54 Å². The van der Waals surface area contributed by atoms with Crippen LogP contribution >= 0.6 is 11.8 Å². The lowest BCUT2D eigenvalue weighted by atomic mass is 9.82. The monoisotopic (exact) mass is 199 g/mol. The van der Waals surface area contributed by atoms with Gasteiger partial charge in [-0.1, -0.05) is 13.3 Å². The van der Waals surface area contributed by atoms with E-state index in [0.29, 0.717) is 0 Å². The van der Waals surface area contributed by atoms with Gasteiger partial charge in [0.15, 0.2) is 0 Å². The fourth-order valence-electron chi connectivity index (χ4n) is 2.92. The highest BCUT2D eigenvalue weighted by molar-refractivity contribution is 7.99. The Bertz CT molecular complexity index is 177. The molecule has 0 amide bonds. The van der Waals surface area contributed by atoms with E-state index in [1.54, 1.807) is 0 Å². The molecular weight excluding hydrogens is 178 g/mol. The van der Waals surface area contributed by atoms with E-state index in [0.717, 1.165) is 11.8 Å². The molecule has 2 fully saturated rings. The van der Waals surface area contributed by atoms with Crippen LogP contribution in [0.5, 0.6) is 0 Å². The highest BCUT2D eigenvalue weighted by Gasteiger charge is 2.42. The van der Waals surface area contributed by atoms with Crippen molar-refractivity contribution in [1.29, 1.82) is 0 Å². The lowest BCUT2D eigenvalue weighted by molar-refractivity contribution is 0.290. The van der Waals surface area contributed by atoms with E-state index < -0.39 is 0 Å². The maximum Gasteiger partial charge on any atom is 0.0193 e. The van der Waals surface area contributed by atoms with Gasteiger partial charge in [-0.25, -0.2) is 0 Å². The first-order chi connectivity index (χ1) is 6.24. The predicted octanol–water partition coefficient (Wildman–Crippen LogP) is 2.65. The summed E-state index contributed by atoms with van der Waals surface area (Å²) in [6.07, 6.45) is 6.68. The lowest BCUT2D eigenvalue weighted by Crippen LogP contribution is -2.45. The van der Waals surface area contributed by atoms with Gasteiger partial charge in [-0.05, 0) is 49.0 Å². The summed E-state index contributed by atoms with van der Waals surface area (Å²) >= 11 is 2.10. The maximum absolute atomic E-state index is 6.52.